The zero-order valence-corrected chi connectivity index (χ0v) is 22.6. The van der Waals surface area contributed by atoms with Crippen molar-refractivity contribution in [3.8, 4) is 5.75 Å². The van der Waals surface area contributed by atoms with E-state index in [2.05, 4.69) is 70.5 Å². The molecule has 5 nitrogen and oxygen atoms in total. The van der Waals surface area contributed by atoms with Crippen molar-refractivity contribution in [2.75, 3.05) is 37.6 Å². The monoisotopic (exact) mass is 522 g/mol. The summed E-state index contributed by atoms with van der Waals surface area (Å²) >= 11 is 0. The van der Waals surface area contributed by atoms with Gasteiger partial charge < -0.3 is 15.1 Å². The van der Waals surface area contributed by atoms with Crippen LogP contribution in [0.3, 0.4) is 0 Å². The van der Waals surface area contributed by atoms with E-state index in [1.54, 1.807) is 0 Å². The van der Waals surface area contributed by atoms with Crippen LogP contribution in [0.2, 0.25) is 0 Å². The molecular weight excluding hydrogens is 484 g/mol. The standard InChI is InChI=1S/C34H38N2O3/c37-29-14-15-31-27(22-29)8-4-9-30(25-6-2-1-3-7-25)33(31)26-10-12-28(13-11-26)36-21-18-34(24-36)16-5-19-35(20-17-34)23-32(38)39/h1-3,6-7,10-15,22,37H,4-5,8-9,16-21,23-24H2,(H,38,39). The summed E-state index contributed by atoms with van der Waals surface area (Å²) in [6.45, 7) is 4.03. The molecular formula is C34H38N2O3. The van der Waals surface area contributed by atoms with E-state index < -0.39 is 5.97 Å². The number of aliphatic carboxylic acids is 1. The number of phenols is 1. The van der Waals surface area contributed by atoms with Gasteiger partial charge in [0.15, 0.2) is 0 Å². The molecule has 1 aliphatic carbocycles. The minimum atomic E-state index is -0.724. The molecule has 0 amide bonds. The number of rotatable bonds is 5. The van der Waals surface area contributed by atoms with Crippen molar-refractivity contribution >= 4 is 22.8 Å². The Morgan fingerprint density at radius 1 is 0.821 bits per heavy atom. The second kappa shape index (κ2) is 10.9. The highest BCUT2D eigenvalue weighted by atomic mass is 16.4. The number of hydrogen-bond donors (Lipinski definition) is 2. The van der Waals surface area contributed by atoms with Crippen LogP contribution in [-0.4, -0.2) is 53.8 Å². The molecule has 3 aliphatic rings. The van der Waals surface area contributed by atoms with Crippen LogP contribution in [0, 0.1) is 5.41 Å². The van der Waals surface area contributed by atoms with Gasteiger partial charge in [-0.2, -0.15) is 0 Å². The van der Waals surface area contributed by atoms with Gasteiger partial charge in [0.25, 0.3) is 0 Å². The largest absolute Gasteiger partial charge is 0.508 e. The van der Waals surface area contributed by atoms with Crippen LogP contribution in [0.4, 0.5) is 5.69 Å². The summed E-state index contributed by atoms with van der Waals surface area (Å²) in [6, 6.07) is 25.7. The smallest absolute Gasteiger partial charge is 0.317 e. The molecule has 202 valence electrons. The van der Waals surface area contributed by atoms with Gasteiger partial charge in [-0.05, 0) is 121 Å². The first-order chi connectivity index (χ1) is 19.0. The van der Waals surface area contributed by atoms with Gasteiger partial charge in [0, 0.05) is 18.8 Å². The molecule has 2 heterocycles. The molecule has 0 bridgehead atoms. The summed E-state index contributed by atoms with van der Waals surface area (Å²) in [5.41, 5.74) is 9.13. The Morgan fingerprint density at radius 2 is 1.62 bits per heavy atom. The first-order valence-electron chi connectivity index (χ1n) is 14.4. The van der Waals surface area contributed by atoms with E-state index in [4.69, 9.17) is 0 Å². The Morgan fingerprint density at radius 3 is 2.41 bits per heavy atom. The lowest BCUT2D eigenvalue weighted by Gasteiger charge is -2.29. The van der Waals surface area contributed by atoms with Gasteiger partial charge in [0.1, 0.15) is 5.75 Å². The van der Waals surface area contributed by atoms with Crippen molar-refractivity contribution in [1.82, 2.24) is 4.90 Å². The van der Waals surface area contributed by atoms with Crippen molar-refractivity contribution in [2.45, 2.75) is 44.9 Å². The third-order valence-electron chi connectivity index (χ3n) is 9.11. The number of fused-ring (bicyclic) bond motifs is 1. The number of aromatic hydroxyl groups is 1. The van der Waals surface area contributed by atoms with Gasteiger partial charge >= 0.3 is 5.97 Å². The van der Waals surface area contributed by atoms with Gasteiger partial charge in [0.05, 0.1) is 6.54 Å². The molecule has 1 spiro atoms. The number of carboxylic acid groups (broad SMARTS) is 1. The fraction of sp³-hybridized carbons (Fsp3) is 0.382. The summed E-state index contributed by atoms with van der Waals surface area (Å²) in [5, 5.41) is 19.4. The number of anilines is 1. The van der Waals surface area contributed by atoms with Crippen LogP contribution in [0.25, 0.3) is 11.1 Å². The van der Waals surface area contributed by atoms with Crippen LogP contribution in [0.5, 0.6) is 5.75 Å². The van der Waals surface area contributed by atoms with Crippen molar-refractivity contribution in [1.29, 1.82) is 0 Å². The summed E-state index contributed by atoms with van der Waals surface area (Å²) in [5.74, 6) is -0.392. The maximum absolute atomic E-state index is 11.2. The molecule has 2 fully saturated rings. The minimum absolute atomic E-state index is 0.158. The maximum atomic E-state index is 11.2. The van der Waals surface area contributed by atoms with Gasteiger partial charge in [-0.3, -0.25) is 9.69 Å². The topological polar surface area (TPSA) is 64.0 Å². The number of benzene rings is 3. The van der Waals surface area contributed by atoms with Gasteiger partial charge in [-0.1, -0.05) is 48.5 Å². The predicted molar refractivity (Wildman–Crippen MR) is 157 cm³/mol. The average molecular weight is 523 g/mol. The molecule has 39 heavy (non-hydrogen) atoms. The predicted octanol–water partition coefficient (Wildman–Crippen LogP) is 6.45. The number of likely N-dealkylation sites (tertiary alicyclic amines) is 1. The molecule has 6 rings (SSSR count). The molecule has 2 aliphatic heterocycles. The summed E-state index contributed by atoms with van der Waals surface area (Å²) < 4.78 is 0. The third-order valence-corrected chi connectivity index (χ3v) is 9.11. The molecule has 0 aromatic heterocycles. The lowest BCUT2D eigenvalue weighted by molar-refractivity contribution is -0.138. The third kappa shape index (κ3) is 5.46. The van der Waals surface area contributed by atoms with E-state index in [-0.39, 0.29) is 12.0 Å². The number of nitrogens with zero attached hydrogens (tertiary/aromatic N) is 2. The Labute approximate surface area is 231 Å². The lowest BCUT2D eigenvalue weighted by Crippen LogP contribution is -2.32. The number of allylic oxidation sites excluding steroid dienone is 1. The molecule has 3 aromatic rings. The quantitative estimate of drug-likeness (QED) is 0.403. The average Bonchev–Trinajstić information content (AvgIpc) is 3.14. The Bertz CT molecular complexity index is 1360. The molecule has 3 aromatic carbocycles. The van der Waals surface area contributed by atoms with Crippen LogP contribution < -0.4 is 4.90 Å². The normalized spacial score (nSPS) is 22.0. The first kappa shape index (κ1) is 25.7. The van der Waals surface area contributed by atoms with Gasteiger partial charge in [0.2, 0.25) is 0 Å². The molecule has 2 saturated heterocycles. The highest BCUT2D eigenvalue weighted by Gasteiger charge is 2.39. The lowest BCUT2D eigenvalue weighted by atomic mass is 9.80. The molecule has 2 N–H and O–H groups in total. The fourth-order valence-electron chi connectivity index (χ4n) is 7.09. The zero-order valence-electron chi connectivity index (χ0n) is 22.6. The Kier molecular flexibility index (Phi) is 7.18. The van der Waals surface area contributed by atoms with E-state index in [0.29, 0.717) is 5.75 Å². The summed E-state index contributed by atoms with van der Waals surface area (Å²) in [4.78, 5) is 15.8. The number of hydrogen-bond acceptors (Lipinski definition) is 4. The SMILES string of the molecule is O=C(O)CN1CCCC2(CC1)CCN(c1ccc(C3=C(c4ccccc4)CCCc4cc(O)ccc43)cc1)C2. The van der Waals surface area contributed by atoms with Crippen LogP contribution in [0.1, 0.15) is 60.8 Å². The Balaban J connectivity index is 1.28. The van der Waals surface area contributed by atoms with Gasteiger partial charge in [-0.15, -0.1) is 0 Å². The highest BCUT2D eigenvalue weighted by Crippen LogP contribution is 2.44. The first-order valence-corrected chi connectivity index (χ1v) is 14.4. The van der Waals surface area contributed by atoms with E-state index in [9.17, 15) is 15.0 Å². The van der Waals surface area contributed by atoms with E-state index in [1.165, 1.54) is 51.9 Å². The fourth-order valence-corrected chi connectivity index (χ4v) is 7.09. The van der Waals surface area contributed by atoms with Crippen molar-refractivity contribution in [3.63, 3.8) is 0 Å². The van der Waals surface area contributed by atoms with E-state index in [0.717, 1.165) is 58.3 Å². The van der Waals surface area contributed by atoms with E-state index >= 15 is 0 Å². The summed E-state index contributed by atoms with van der Waals surface area (Å²) in [6.07, 6.45) is 7.52. The molecule has 1 atom stereocenters. The van der Waals surface area contributed by atoms with Crippen molar-refractivity contribution in [2.24, 2.45) is 5.41 Å². The number of aryl methyl sites for hydroxylation is 1. The van der Waals surface area contributed by atoms with Crippen LogP contribution in [-0.2, 0) is 11.2 Å². The molecule has 0 radical (unpaired) electrons. The minimum Gasteiger partial charge on any atom is -0.508 e. The zero-order chi connectivity index (χ0) is 26.8. The summed E-state index contributed by atoms with van der Waals surface area (Å²) in [7, 11) is 0. The molecule has 5 heteroatoms. The molecule has 1 unspecified atom stereocenters. The number of phenolic OH excluding ortho intramolecular Hbond substituents is 1. The molecule has 0 saturated carbocycles. The van der Waals surface area contributed by atoms with Crippen molar-refractivity contribution in [3.05, 3.63) is 95.1 Å². The van der Waals surface area contributed by atoms with Crippen LogP contribution >= 0.6 is 0 Å². The second-order valence-electron chi connectivity index (χ2n) is 11.7. The van der Waals surface area contributed by atoms with Gasteiger partial charge in [-0.25, -0.2) is 0 Å². The van der Waals surface area contributed by atoms with E-state index in [1.807, 2.05) is 12.1 Å². The second-order valence-corrected chi connectivity index (χ2v) is 11.7. The Hall–Kier alpha value is -3.57. The van der Waals surface area contributed by atoms with Crippen LogP contribution in [0.15, 0.2) is 72.8 Å². The van der Waals surface area contributed by atoms with Crippen molar-refractivity contribution < 1.29 is 15.0 Å². The number of carbonyl (C=O) groups is 1. The number of carboxylic acids is 1. The highest BCUT2D eigenvalue weighted by molar-refractivity contribution is 6.00. The maximum Gasteiger partial charge on any atom is 0.317 e.